The van der Waals surface area contributed by atoms with E-state index < -0.39 is 0 Å². The molecule has 2 bridgehead atoms. The largest absolute Gasteiger partial charge is 0.336 e. The molecule has 1 aromatic heterocycles. The molecule has 0 amide bonds. The minimum Gasteiger partial charge on any atom is -0.336 e. The van der Waals surface area contributed by atoms with E-state index in [0.717, 1.165) is 49.4 Å². The van der Waals surface area contributed by atoms with Gasteiger partial charge >= 0.3 is 0 Å². The number of nitrogens with zero attached hydrogens (tertiary/aromatic N) is 2. The van der Waals surface area contributed by atoms with Crippen LogP contribution in [0.4, 0.5) is 0 Å². The number of nitrogens with one attached hydrogen (secondary N) is 2. The number of rotatable bonds is 5. The van der Waals surface area contributed by atoms with Gasteiger partial charge in [-0.25, -0.2) is 0 Å². The maximum absolute atomic E-state index is 13.6. The summed E-state index contributed by atoms with van der Waals surface area (Å²) < 4.78 is 2.07. The third-order valence-electron chi connectivity index (χ3n) is 7.16. The van der Waals surface area contributed by atoms with Gasteiger partial charge in [-0.3, -0.25) is 4.79 Å². The summed E-state index contributed by atoms with van der Waals surface area (Å²) in [6.07, 6.45) is 1.17. The van der Waals surface area contributed by atoms with Gasteiger partial charge in [0.25, 0.3) is 5.56 Å². The van der Waals surface area contributed by atoms with E-state index >= 15 is 0 Å². The summed E-state index contributed by atoms with van der Waals surface area (Å²) in [6, 6.07) is 22.8. The van der Waals surface area contributed by atoms with E-state index in [0.29, 0.717) is 11.8 Å². The smallest absolute Gasteiger partial charge is 0.258 e. The number of aromatic nitrogens is 1. The molecular formula is C28H32N4O+2. The van der Waals surface area contributed by atoms with Gasteiger partial charge in [-0.05, 0) is 36.2 Å². The van der Waals surface area contributed by atoms with Crippen LogP contribution in [0.25, 0.3) is 11.1 Å². The second kappa shape index (κ2) is 8.97. The van der Waals surface area contributed by atoms with E-state index in [2.05, 4.69) is 61.1 Å². The van der Waals surface area contributed by atoms with Crippen molar-refractivity contribution in [2.75, 3.05) is 27.2 Å². The highest BCUT2D eigenvalue weighted by Gasteiger charge is 2.37. The van der Waals surface area contributed by atoms with Gasteiger partial charge in [0, 0.05) is 40.8 Å². The van der Waals surface area contributed by atoms with Crippen LogP contribution >= 0.6 is 0 Å². The van der Waals surface area contributed by atoms with Crippen molar-refractivity contribution in [3.05, 3.63) is 93.4 Å². The normalized spacial score (nSPS) is 21.5. The summed E-state index contributed by atoms with van der Waals surface area (Å²) in [5, 5.41) is 9.21. The predicted molar refractivity (Wildman–Crippen MR) is 129 cm³/mol. The highest BCUT2D eigenvalue weighted by Crippen LogP contribution is 2.32. The molecule has 2 aliphatic rings. The van der Waals surface area contributed by atoms with Crippen LogP contribution in [0.1, 0.15) is 34.7 Å². The van der Waals surface area contributed by atoms with Crippen LogP contribution in [-0.4, -0.2) is 31.8 Å². The Labute approximate surface area is 195 Å². The quantitative estimate of drug-likeness (QED) is 0.627. The molecule has 5 rings (SSSR count). The molecule has 1 fully saturated rings. The van der Waals surface area contributed by atoms with Crippen LogP contribution in [0.15, 0.2) is 65.5 Å². The Morgan fingerprint density at radius 2 is 1.91 bits per heavy atom. The van der Waals surface area contributed by atoms with Crippen LogP contribution in [-0.2, 0) is 19.6 Å². The average Bonchev–Trinajstić information content (AvgIpc) is 2.80. The molecule has 5 heteroatoms. The average molecular weight is 441 g/mol. The third-order valence-corrected chi connectivity index (χ3v) is 7.16. The Bertz CT molecular complexity index is 1270. The lowest BCUT2D eigenvalue weighted by Crippen LogP contribution is -3.13. The fourth-order valence-electron chi connectivity index (χ4n) is 5.88. The van der Waals surface area contributed by atoms with Crippen molar-refractivity contribution in [3.63, 3.8) is 0 Å². The molecular weight excluding hydrogens is 408 g/mol. The summed E-state index contributed by atoms with van der Waals surface area (Å²) in [4.78, 5) is 16.5. The topological polar surface area (TPSA) is 54.7 Å². The van der Waals surface area contributed by atoms with Crippen molar-refractivity contribution < 1.29 is 9.80 Å². The zero-order chi connectivity index (χ0) is 22.9. The molecule has 0 saturated carbocycles. The van der Waals surface area contributed by atoms with Gasteiger partial charge in [0.2, 0.25) is 0 Å². The number of pyridine rings is 1. The molecule has 33 heavy (non-hydrogen) atoms. The van der Waals surface area contributed by atoms with Gasteiger partial charge in [0.05, 0.1) is 38.8 Å². The number of likely N-dealkylation sites (tertiary alicyclic amines) is 1. The molecule has 2 aromatic carbocycles. The van der Waals surface area contributed by atoms with Crippen molar-refractivity contribution in [3.8, 4) is 17.2 Å². The van der Waals surface area contributed by atoms with Crippen LogP contribution in [0.2, 0.25) is 0 Å². The molecule has 2 aliphatic heterocycles. The van der Waals surface area contributed by atoms with E-state index in [1.807, 2.05) is 24.3 Å². The zero-order valence-corrected chi connectivity index (χ0v) is 19.5. The maximum atomic E-state index is 13.6. The van der Waals surface area contributed by atoms with Crippen LogP contribution in [0.3, 0.4) is 0 Å². The van der Waals surface area contributed by atoms with Crippen molar-refractivity contribution in [1.82, 2.24) is 4.57 Å². The van der Waals surface area contributed by atoms with Crippen LogP contribution < -0.4 is 15.4 Å². The summed E-state index contributed by atoms with van der Waals surface area (Å²) >= 11 is 0. The van der Waals surface area contributed by atoms with Gasteiger partial charge in [-0.2, -0.15) is 5.26 Å². The van der Waals surface area contributed by atoms with Gasteiger partial charge in [-0.1, -0.05) is 36.4 Å². The number of piperidine rings is 1. The summed E-state index contributed by atoms with van der Waals surface area (Å²) in [6.45, 7) is 4.75. The van der Waals surface area contributed by atoms with Gasteiger partial charge < -0.3 is 14.4 Å². The minimum absolute atomic E-state index is 0.161. The van der Waals surface area contributed by atoms with Crippen LogP contribution in [0.5, 0.6) is 0 Å². The fraction of sp³-hybridized carbons (Fsp3) is 0.357. The monoisotopic (exact) mass is 440 g/mol. The first-order valence-electron chi connectivity index (χ1n) is 12.0. The second-order valence-corrected chi connectivity index (χ2v) is 10.1. The molecule has 0 spiro atoms. The van der Waals surface area contributed by atoms with E-state index in [1.54, 1.807) is 4.90 Å². The number of quaternary nitrogens is 2. The fourth-order valence-corrected chi connectivity index (χ4v) is 5.88. The van der Waals surface area contributed by atoms with Crippen molar-refractivity contribution in [1.29, 1.82) is 5.26 Å². The lowest BCUT2D eigenvalue weighted by atomic mass is 9.82. The summed E-state index contributed by atoms with van der Waals surface area (Å²) in [7, 11) is 4.28. The Morgan fingerprint density at radius 1 is 1.06 bits per heavy atom. The standard InChI is InChI=1S/C28H30N4O/c1-30(2)18-23-8-3-4-9-25(23)26-10-11-27-24-13-22(17-32(27)28(26)33)16-31(19-24)15-21-7-5-6-20(12-21)14-29/h3-12,22,24H,13,15-19H2,1-2H3/p+2/t22-,24+/m0/s1. The lowest BCUT2D eigenvalue weighted by Gasteiger charge is -2.40. The molecule has 1 unspecified atom stereocenters. The highest BCUT2D eigenvalue weighted by molar-refractivity contribution is 5.66. The Balaban J connectivity index is 1.43. The third kappa shape index (κ3) is 4.37. The number of benzene rings is 2. The number of nitriles is 1. The summed E-state index contributed by atoms with van der Waals surface area (Å²) in [5.41, 5.74) is 6.42. The molecule has 0 radical (unpaired) electrons. The molecule has 3 atom stereocenters. The van der Waals surface area contributed by atoms with Gasteiger partial charge in [-0.15, -0.1) is 0 Å². The van der Waals surface area contributed by atoms with E-state index in [-0.39, 0.29) is 5.56 Å². The second-order valence-electron chi connectivity index (χ2n) is 10.1. The molecule has 1 saturated heterocycles. The van der Waals surface area contributed by atoms with Crippen molar-refractivity contribution in [2.45, 2.75) is 32.0 Å². The zero-order valence-electron chi connectivity index (χ0n) is 19.5. The maximum Gasteiger partial charge on any atom is 0.258 e. The van der Waals surface area contributed by atoms with Gasteiger partial charge in [0.1, 0.15) is 13.1 Å². The highest BCUT2D eigenvalue weighted by atomic mass is 16.1. The van der Waals surface area contributed by atoms with Crippen LogP contribution in [0, 0.1) is 17.2 Å². The molecule has 2 N–H and O–H groups in total. The Kier molecular flexibility index (Phi) is 5.88. The minimum atomic E-state index is 0.161. The molecule has 168 valence electrons. The number of hydrogen-bond donors (Lipinski definition) is 2. The van der Waals surface area contributed by atoms with E-state index in [9.17, 15) is 10.1 Å². The molecule has 3 aromatic rings. The molecule has 5 nitrogen and oxygen atoms in total. The molecule has 0 aliphatic carbocycles. The lowest BCUT2D eigenvalue weighted by molar-refractivity contribution is -0.924. The first-order valence-corrected chi connectivity index (χ1v) is 12.0. The van der Waals surface area contributed by atoms with Crippen molar-refractivity contribution >= 4 is 0 Å². The van der Waals surface area contributed by atoms with E-state index in [1.165, 1.54) is 28.1 Å². The number of fused-ring (bicyclic) bond motifs is 4. The Morgan fingerprint density at radius 3 is 2.73 bits per heavy atom. The van der Waals surface area contributed by atoms with E-state index in [4.69, 9.17) is 0 Å². The first kappa shape index (κ1) is 21.6. The SMILES string of the molecule is C[NH+](C)Cc1ccccc1-c1ccc2n(c1=O)C[C@H]1C[C@@H]2C[NH+](Cc2cccc(C#N)c2)C1. The Hall–Kier alpha value is -3.20. The summed E-state index contributed by atoms with van der Waals surface area (Å²) in [5.74, 6) is 0.926. The van der Waals surface area contributed by atoms with Gasteiger partial charge in [0.15, 0.2) is 0 Å². The first-order chi connectivity index (χ1) is 16.0. The predicted octanol–water partition coefficient (Wildman–Crippen LogP) is 1.23. The number of hydrogen-bond acceptors (Lipinski definition) is 2. The van der Waals surface area contributed by atoms with Crippen molar-refractivity contribution in [2.24, 2.45) is 5.92 Å². The molecule has 3 heterocycles.